The van der Waals surface area contributed by atoms with Crippen LogP contribution in [0.15, 0.2) is 0 Å². The van der Waals surface area contributed by atoms with Crippen molar-refractivity contribution in [3.8, 4) is 0 Å². The largest absolute Gasteiger partial charge is 0.486 e. The Morgan fingerprint density at radius 3 is 2.67 bits per heavy atom. The Morgan fingerprint density at radius 2 is 2.33 bits per heavy atom. The van der Waals surface area contributed by atoms with Crippen LogP contribution >= 0.6 is 24.8 Å². The van der Waals surface area contributed by atoms with E-state index in [1.54, 1.807) is 0 Å². The van der Waals surface area contributed by atoms with E-state index in [0.717, 1.165) is 6.42 Å². The minimum atomic E-state index is 0.0755. The lowest BCUT2D eigenvalue weighted by Crippen LogP contribution is -2.12. The zero-order chi connectivity index (χ0) is 7.28. The van der Waals surface area contributed by atoms with Crippen molar-refractivity contribution in [3.63, 3.8) is 0 Å². The molecule has 0 spiro atoms. The van der Waals surface area contributed by atoms with Gasteiger partial charge in [-0.3, -0.25) is 0 Å². The average molecular weight is 164 g/mol. The van der Waals surface area contributed by atoms with E-state index in [2.05, 4.69) is 12.6 Å². The molecule has 0 heterocycles. The van der Waals surface area contributed by atoms with Gasteiger partial charge in [0.15, 0.2) is 5.05 Å². The Kier molecular flexibility index (Phi) is 5.19. The fourth-order valence-electron chi connectivity index (χ4n) is 0.323. The van der Waals surface area contributed by atoms with Gasteiger partial charge in [0.1, 0.15) is 0 Å². The van der Waals surface area contributed by atoms with Crippen LogP contribution in [0.1, 0.15) is 20.3 Å². The lowest BCUT2D eigenvalue weighted by molar-refractivity contribution is 0.307. The van der Waals surface area contributed by atoms with Crippen molar-refractivity contribution in [2.75, 3.05) is 6.61 Å². The molecule has 3 heteroatoms. The Morgan fingerprint density at radius 1 is 1.78 bits per heavy atom. The third-order valence-electron chi connectivity index (χ3n) is 0.790. The van der Waals surface area contributed by atoms with Gasteiger partial charge in [-0.05, 0) is 25.6 Å². The van der Waals surface area contributed by atoms with Crippen LogP contribution in [0, 0.1) is 0 Å². The minimum Gasteiger partial charge on any atom is -0.486 e. The normalized spacial score (nSPS) is 12.8. The van der Waals surface area contributed by atoms with Crippen LogP contribution in [0.4, 0.5) is 0 Å². The molecule has 0 radical (unpaired) electrons. The summed E-state index contributed by atoms with van der Waals surface area (Å²) in [5.74, 6) is 0. The maximum Gasteiger partial charge on any atom is 0.172 e. The van der Waals surface area contributed by atoms with Crippen LogP contribution in [0.2, 0.25) is 0 Å². The zero-order valence-electron chi connectivity index (χ0n) is 5.76. The smallest absolute Gasteiger partial charge is 0.172 e. The van der Waals surface area contributed by atoms with E-state index < -0.39 is 0 Å². The van der Waals surface area contributed by atoms with Crippen LogP contribution in [0.3, 0.4) is 0 Å². The summed E-state index contributed by atoms with van der Waals surface area (Å²) in [5.41, 5.74) is 0. The first kappa shape index (κ1) is 9.24. The molecule has 0 aromatic rings. The summed E-state index contributed by atoms with van der Waals surface area (Å²) in [5, 5.41) is 0.673. The van der Waals surface area contributed by atoms with E-state index >= 15 is 0 Å². The van der Waals surface area contributed by atoms with Gasteiger partial charge in [-0.1, -0.05) is 6.92 Å². The van der Waals surface area contributed by atoms with Crippen molar-refractivity contribution in [1.82, 2.24) is 0 Å². The van der Waals surface area contributed by atoms with Gasteiger partial charge < -0.3 is 4.74 Å². The summed E-state index contributed by atoms with van der Waals surface area (Å²) >= 11 is 8.94. The Labute approximate surface area is 67.2 Å². The monoisotopic (exact) mass is 164 g/mol. The molecule has 0 aromatic heterocycles. The Balaban J connectivity index is 3.28. The lowest BCUT2D eigenvalue weighted by atomic mass is 10.5. The molecule has 54 valence electrons. The maximum absolute atomic E-state index is 5.11. The number of rotatable bonds is 3. The van der Waals surface area contributed by atoms with E-state index in [4.69, 9.17) is 17.0 Å². The van der Waals surface area contributed by atoms with Gasteiger partial charge in [-0.2, -0.15) is 12.6 Å². The molecule has 1 unspecified atom stereocenters. The average Bonchev–Trinajstić information content (AvgIpc) is 1.82. The second kappa shape index (κ2) is 5.06. The molecule has 0 aliphatic rings. The molecule has 0 saturated carbocycles. The first-order chi connectivity index (χ1) is 4.18. The standard InChI is InChI=1S/C6H12OS2/c1-3-4-7-6(9)5(2)8/h5,8H,3-4H2,1-2H3. The highest BCUT2D eigenvalue weighted by molar-refractivity contribution is 7.86. The number of hydrogen-bond donors (Lipinski definition) is 1. The van der Waals surface area contributed by atoms with Crippen molar-refractivity contribution in [1.29, 1.82) is 0 Å². The molecular weight excluding hydrogens is 152 g/mol. The SMILES string of the molecule is CCCOC(=S)C(C)S. The molecular formula is C6H12OS2. The quantitative estimate of drug-likeness (QED) is 0.505. The molecule has 0 saturated heterocycles. The first-order valence-electron chi connectivity index (χ1n) is 3.03. The molecule has 0 aromatic carbocycles. The molecule has 0 aliphatic heterocycles. The van der Waals surface area contributed by atoms with Crippen molar-refractivity contribution >= 4 is 29.9 Å². The molecule has 1 nitrogen and oxygen atoms in total. The van der Waals surface area contributed by atoms with E-state index in [9.17, 15) is 0 Å². The zero-order valence-corrected chi connectivity index (χ0v) is 7.47. The Hall–Kier alpha value is 0.240. The number of thiol groups is 1. The Bertz CT molecular complexity index is 91.1. The second-order valence-corrected chi connectivity index (χ2v) is 3.02. The van der Waals surface area contributed by atoms with Gasteiger partial charge >= 0.3 is 0 Å². The van der Waals surface area contributed by atoms with E-state index in [1.807, 2.05) is 13.8 Å². The second-order valence-electron chi connectivity index (χ2n) is 1.84. The summed E-state index contributed by atoms with van der Waals surface area (Å²) in [6.45, 7) is 4.66. The van der Waals surface area contributed by atoms with Crippen molar-refractivity contribution in [2.24, 2.45) is 0 Å². The van der Waals surface area contributed by atoms with Gasteiger partial charge in [0, 0.05) is 0 Å². The third kappa shape index (κ3) is 4.73. The third-order valence-corrected chi connectivity index (χ3v) is 1.67. The molecule has 0 fully saturated rings. The maximum atomic E-state index is 5.11. The molecule has 9 heavy (non-hydrogen) atoms. The molecule has 0 aliphatic carbocycles. The number of ether oxygens (including phenoxy) is 1. The molecule has 0 N–H and O–H groups in total. The van der Waals surface area contributed by atoms with Gasteiger partial charge in [-0.25, -0.2) is 0 Å². The fourth-order valence-corrected chi connectivity index (χ4v) is 0.481. The van der Waals surface area contributed by atoms with Crippen molar-refractivity contribution in [3.05, 3.63) is 0 Å². The van der Waals surface area contributed by atoms with Gasteiger partial charge in [-0.15, -0.1) is 0 Å². The summed E-state index contributed by atoms with van der Waals surface area (Å²) in [7, 11) is 0. The van der Waals surface area contributed by atoms with E-state index in [-0.39, 0.29) is 5.25 Å². The number of hydrogen-bond acceptors (Lipinski definition) is 3. The van der Waals surface area contributed by atoms with Crippen LogP contribution in [0.5, 0.6) is 0 Å². The molecule has 0 amide bonds. The predicted octanol–water partition coefficient (Wildman–Crippen LogP) is 2.06. The number of thiocarbonyl (C=S) groups is 1. The fraction of sp³-hybridized carbons (Fsp3) is 0.833. The van der Waals surface area contributed by atoms with Gasteiger partial charge in [0.25, 0.3) is 0 Å². The van der Waals surface area contributed by atoms with Crippen LogP contribution in [-0.4, -0.2) is 16.9 Å². The topological polar surface area (TPSA) is 9.23 Å². The summed E-state index contributed by atoms with van der Waals surface area (Å²) in [6, 6.07) is 0. The summed E-state index contributed by atoms with van der Waals surface area (Å²) < 4.78 is 5.11. The van der Waals surface area contributed by atoms with Gasteiger partial charge in [0.2, 0.25) is 0 Å². The molecule has 0 bridgehead atoms. The highest BCUT2D eigenvalue weighted by Crippen LogP contribution is 1.98. The first-order valence-corrected chi connectivity index (χ1v) is 3.95. The summed E-state index contributed by atoms with van der Waals surface area (Å²) in [6.07, 6.45) is 1.00. The van der Waals surface area contributed by atoms with Gasteiger partial charge in [0.05, 0.1) is 11.9 Å². The highest BCUT2D eigenvalue weighted by atomic mass is 32.1. The predicted molar refractivity (Wildman–Crippen MR) is 47.3 cm³/mol. The van der Waals surface area contributed by atoms with E-state index in [1.165, 1.54) is 0 Å². The van der Waals surface area contributed by atoms with Crippen LogP contribution in [0.25, 0.3) is 0 Å². The van der Waals surface area contributed by atoms with E-state index in [0.29, 0.717) is 11.7 Å². The molecule has 1 atom stereocenters. The highest BCUT2D eigenvalue weighted by Gasteiger charge is 2.01. The van der Waals surface area contributed by atoms with Crippen LogP contribution < -0.4 is 0 Å². The van der Waals surface area contributed by atoms with Crippen molar-refractivity contribution in [2.45, 2.75) is 25.5 Å². The van der Waals surface area contributed by atoms with Crippen LogP contribution in [-0.2, 0) is 4.74 Å². The lowest BCUT2D eigenvalue weighted by Gasteiger charge is -2.06. The molecule has 0 rings (SSSR count). The summed E-state index contributed by atoms with van der Waals surface area (Å²) in [4.78, 5) is 0. The van der Waals surface area contributed by atoms with Crippen molar-refractivity contribution < 1.29 is 4.74 Å². The minimum absolute atomic E-state index is 0.0755.